The molecule has 13 heavy (non-hydrogen) atoms. The fourth-order valence-electron chi connectivity index (χ4n) is 3.05. The van der Waals surface area contributed by atoms with Crippen LogP contribution in [-0.4, -0.2) is 23.5 Å². The van der Waals surface area contributed by atoms with Crippen molar-refractivity contribution in [3.05, 3.63) is 11.6 Å². The van der Waals surface area contributed by atoms with Crippen molar-refractivity contribution in [2.24, 2.45) is 0 Å². The van der Waals surface area contributed by atoms with Gasteiger partial charge in [-0.1, -0.05) is 30.5 Å². The molecule has 74 valence electrons. The predicted octanol–water partition coefficient (Wildman–Crippen LogP) is 3.15. The molecule has 0 aromatic rings. The third kappa shape index (κ3) is 1.77. The van der Waals surface area contributed by atoms with Crippen molar-refractivity contribution >= 4 is 11.6 Å². The highest BCUT2D eigenvalue weighted by Crippen LogP contribution is 2.42. The SMILES string of the molecule is Cl/C=C/CN1CCCC12CCCC2. The fraction of sp³-hybridized carbons (Fsp3) is 0.818. The topological polar surface area (TPSA) is 3.24 Å². The summed E-state index contributed by atoms with van der Waals surface area (Å²) in [6, 6.07) is 0. The lowest BCUT2D eigenvalue weighted by Crippen LogP contribution is -2.41. The van der Waals surface area contributed by atoms with Crippen molar-refractivity contribution in [2.45, 2.75) is 44.1 Å². The molecule has 0 unspecified atom stereocenters. The van der Waals surface area contributed by atoms with Crippen LogP contribution in [0.25, 0.3) is 0 Å². The molecule has 1 aliphatic carbocycles. The molecule has 0 N–H and O–H groups in total. The van der Waals surface area contributed by atoms with Crippen LogP contribution in [0.3, 0.4) is 0 Å². The molecule has 0 radical (unpaired) electrons. The normalized spacial score (nSPS) is 28.1. The summed E-state index contributed by atoms with van der Waals surface area (Å²) in [6.07, 6.45) is 10.6. The molecular formula is C11H18ClN. The van der Waals surface area contributed by atoms with E-state index in [0.717, 1.165) is 6.54 Å². The molecule has 0 bridgehead atoms. The zero-order valence-corrected chi connectivity index (χ0v) is 8.89. The molecule has 1 nitrogen and oxygen atoms in total. The van der Waals surface area contributed by atoms with E-state index in [2.05, 4.69) is 11.0 Å². The lowest BCUT2D eigenvalue weighted by Gasteiger charge is -2.34. The highest BCUT2D eigenvalue weighted by Gasteiger charge is 2.41. The molecular weight excluding hydrogens is 182 g/mol. The summed E-state index contributed by atoms with van der Waals surface area (Å²) in [4.78, 5) is 2.64. The van der Waals surface area contributed by atoms with E-state index in [1.165, 1.54) is 45.1 Å². The summed E-state index contributed by atoms with van der Waals surface area (Å²) in [6.45, 7) is 2.34. The van der Waals surface area contributed by atoms with Crippen LogP contribution in [0.4, 0.5) is 0 Å². The average Bonchev–Trinajstić information content (AvgIpc) is 2.75. The molecule has 2 fully saturated rings. The summed E-state index contributed by atoms with van der Waals surface area (Å²) in [5.74, 6) is 0. The van der Waals surface area contributed by atoms with Gasteiger partial charge in [-0.05, 0) is 32.2 Å². The summed E-state index contributed by atoms with van der Waals surface area (Å²) >= 11 is 5.57. The van der Waals surface area contributed by atoms with Crippen molar-refractivity contribution in [2.75, 3.05) is 13.1 Å². The smallest absolute Gasteiger partial charge is 0.0213 e. The third-order valence-corrected chi connectivity index (χ3v) is 3.87. The third-order valence-electron chi connectivity index (χ3n) is 3.69. The van der Waals surface area contributed by atoms with Gasteiger partial charge in [0, 0.05) is 17.6 Å². The minimum absolute atomic E-state index is 0.580. The molecule has 2 rings (SSSR count). The van der Waals surface area contributed by atoms with Gasteiger partial charge < -0.3 is 0 Å². The Morgan fingerprint density at radius 1 is 1.15 bits per heavy atom. The Morgan fingerprint density at radius 3 is 2.54 bits per heavy atom. The second kappa shape index (κ2) is 4.02. The molecule has 0 amide bonds. The fourth-order valence-corrected chi connectivity index (χ4v) is 3.13. The number of halogens is 1. The van der Waals surface area contributed by atoms with Gasteiger partial charge in [0.15, 0.2) is 0 Å². The summed E-state index contributed by atoms with van der Waals surface area (Å²) in [5.41, 5.74) is 2.23. The minimum Gasteiger partial charge on any atom is -0.294 e. The second-order valence-electron chi connectivity index (χ2n) is 4.34. The first-order chi connectivity index (χ1) is 6.37. The molecule has 1 heterocycles. The molecule has 0 aromatic heterocycles. The highest BCUT2D eigenvalue weighted by atomic mass is 35.5. The molecule has 0 aromatic carbocycles. The largest absolute Gasteiger partial charge is 0.294 e. The first kappa shape index (κ1) is 9.54. The highest BCUT2D eigenvalue weighted by molar-refractivity contribution is 6.25. The number of hydrogen-bond acceptors (Lipinski definition) is 1. The van der Waals surface area contributed by atoms with E-state index >= 15 is 0 Å². The van der Waals surface area contributed by atoms with Crippen molar-refractivity contribution < 1.29 is 0 Å². The average molecular weight is 200 g/mol. The predicted molar refractivity (Wildman–Crippen MR) is 57.0 cm³/mol. The van der Waals surface area contributed by atoms with E-state index in [0.29, 0.717) is 5.54 Å². The van der Waals surface area contributed by atoms with Gasteiger partial charge in [-0.25, -0.2) is 0 Å². The van der Waals surface area contributed by atoms with Crippen molar-refractivity contribution in [1.29, 1.82) is 0 Å². The van der Waals surface area contributed by atoms with Crippen molar-refractivity contribution in [3.63, 3.8) is 0 Å². The van der Waals surface area contributed by atoms with Gasteiger partial charge in [-0.3, -0.25) is 4.90 Å². The van der Waals surface area contributed by atoms with E-state index in [1.54, 1.807) is 5.54 Å². The molecule has 1 aliphatic heterocycles. The van der Waals surface area contributed by atoms with Crippen LogP contribution in [0, 0.1) is 0 Å². The number of nitrogens with zero attached hydrogens (tertiary/aromatic N) is 1. The number of likely N-dealkylation sites (tertiary alicyclic amines) is 1. The van der Waals surface area contributed by atoms with Crippen LogP contribution in [0.1, 0.15) is 38.5 Å². The molecule has 1 spiro atoms. The second-order valence-corrected chi connectivity index (χ2v) is 4.59. The Hall–Kier alpha value is -0.0100. The molecule has 1 saturated carbocycles. The van der Waals surface area contributed by atoms with Gasteiger partial charge in [-0.15, -0.1) is 0 Å². The summed E-state index contributed by atoms with van der Waals surface area (Å²) < 4.78 is 0. The van der Waals surface area contributed by atoms with Gasteiger partial charge in [0.2, 0.25) is 0 Å². The molecule has 2 aliphatic rings. The Morgan fingerprint density at radius 2 is 1.85 bits per heavy atom. The summed E-state index contributed by atoms with van der Waals surface area (Å²) in [7, 11) is 0. The Kier molecular flexibility index (Phi) is 2.95. The molecule has 0 atom stereocenters. The first-order valence-corrected chi connectivity index (χ1v) is 5.81. The van der Waals surface area contributed by atoms with Crippen LogP contribution in [0.15, 0.2) is 11.6 Å². The van der Waals surface area contributed by atoms with E-state index in [9.17, 15) is 0 Å². The monoisotopic (exact) mass is 199 g/mol. The van der Waals surface area contributed by atoms with E-state index in [1.807, 2.05) is 0 Å². The quantitative estimate of drug-likeness (QED) is 0.661. The molecule has 1 saturated heterocycles. The molecule has 2 heteroatoms. The lowest BCUT2D eigenvalue weighted by atomic mass is 9.94. The maximum Gasteiger partial charge on any atom is 0.0213 e. The minimum atomic E-state index is 0.580. The number of hydrogen-bond donors (Lipinski definition) is 0. The van der Waals surface area contributed by atoms with Crippen molar-refractivity contribution in [1.82, 2.24) is 4.90 Å². The number of rotatable bonds is 2. The van der Waals surface area contributed by atoms with Crippen LogP contribution in [0.5, 0.6) is 0 Å². The first-order valence-electron chi connectivity index (χ1n) is 5.38. The van der Waals surface area contributed by atoms with E-state index in [4.69, 9.17) is 11.6 Å². The Labute approximate surface area is 85.8 Å². The summed E-state index contributed by atoms with van der Waals surface area (Å²) in [5, 5.41) is 0. The van der Waals surface area contributed by atoms with Gasteiger partial charge >= 0.3 is 0 Å². The van der Waals surface area contributed by atoms with Crippen LogP contribution >= 0.6 is 11.6 Å². The van der Waals surface area contributed by atoms with E-state index in [-0.39, 0.29) is 0 Å². The standard InChI is InChI=1S/C11H18ClN/c12-8-4-10-13-9-3-7-11(13)5-1-2-6-11/h4,8H,1-3,5-7,9-10H2/b8-4+. The van der Waals surface area contributed by atoms with Gasteiger partial charge in [0.25, 0.3) is 0 Å². The maximum absolute atomic E-state index is 5.57. The lowest BCUT2D eigenvalue weighted by molar-refractivity contribution is 0.160. The zero-order chi connectivity index (χ0) is 9.15. The zero-order valence-electron chi connectivity index (χ0n) is 8.14. The van der Waals surface area contributed by atoms with Crippen LogP contribution in [0.2, 0.25) is 0 Å². The Balaban J connectivity index is 2.00. The van der Waals surface area contributed by atoms with Gasteiger partial charge in [0.1, 0.15) is 0 Å². The van der Waals surface area contributed by atoms with Crippen LogP contribution in [-0.2, 0) is 0 Å². The Bertz CT molecular complexity index is 189. The maximum atomic E-state index is 5.57. The van der Waals surface area contributed by atoms with E-state index < -0.39 is 0 Å². The van der Waals surface area contributed by atoms with Crippen LogP contribution < -0.4 is 0 Å². The van der Waals surface area contributed by atoms with Crippen molar-refractivity contribution in [3.8, 4) is 0 Å². The van der Waals surface area contributed by atoms with Gasteiger partial charge in [0.05, 0.1) is 0 Å². The van der Waals surface area contributed by atoms with Gasteiger partial charge in [-0.2, -0.15) is 0 Å².